The molecule has 1 N–H and O–H groups in total. The molecule has 0 radical (unpaired) electrons. The Balaban J connectivity index is 1.62. The van der Waals surface area contributed by atoms with E-state index in [4.69, 9.17) is 14.6 Å². The van der Waals surface area contributed by atoms with Gasteiger partial charge in [0.25, 0.3) is 5.91 Å². The van der Waals surface area contributed by atoms with E-state index in [2.05, 4.69) is 33.8 Å². The van der Waals surface area contributed by atoms with Crippen LogP contribution in [0.5, 0.6) is 5.88 Å². The highest BCUT2D eigenvalue weighted by Gasteiger charge is 2.23. The summed E-state index contributed by atoms with van der Waals surface area (Å²) in [5.41, 5.74) is 1.98. The van der Waals surface area contributed by atoms with Crippen LogP contribution < -0.4 is 10.1 Å². The lowest BCUT2D eigenvalue weighted by Crippen LogP contribution is -2.36. The number of nitrogens with one attached hydrogen (secondary N) is 1. The van der Waals surface area contributed by atoms with E-state index in [0.29, 0.717) is 29.8 Å². The average molecular weight is 388 g/mol. The fraction of sp³-hybridized carbons (Fsp3) is 0.316. The smallest absolute Gasteiger partial charge is 0.274 e. The van der Waals surface area contributed by atoms with Crippen molar-refractivity contribution in [2.24, 2.45) is 5.92 Å². The van der Waals surface area contributed by atoms with Crippen molar-refractivity contribution in [2.45, 2.75) is 11.7 Å². The number of hydrogen-bond donors (Lipinski definition) is 1. The molecule has 1 amide bonds. The van der Waals surface area contributed by atoms with Gasteiger partial charge in [0.15, 0.2) is 0 Å². The molecule has 146 valence electrons. The summed E-state index contributed by atoms with van der Waals surface area (Å²) in [6.07, 6.45) is 2.62. The first-order valence-corrected chi connectivity index (χ1v) is 9.88. The first kappa shape index (κ1) is 19.6. The summed E-state index contributed by atoms with van der Waals surface area (Å²) in [6, 6.07) is 11.0. The van der Waals surface area contributed by atoms with Crippen molar-refractivity contribution >= 4 is 46.0 Å². The molecule has 3 aromatic rings. The largest absolute Gasteiger partial charge is 0.476 e. The van der Waals surface area contributed by atoms with E-state index in [1.165, 1.54) is 0 Å². The number of carbonyl (C=O) groups is 1. The van der Waals surface area contributed by atoms with Gasteiger partial charge in [-0.05, 0) is 42.0 Å². The molecular formula is C19H23B3N4O3. The Kier molecular flexibility index (Phi) is 5.36. The Morgan fingerprint density at radius 1 is 1.31 bits per heavy atom. The van der Waals surface area contributed by atoms with Crippen molar-refractivity contribution in [1.82, 2.24) is 14.8 Å². The van der Waals surface area contributed by atoms with Crippen LogP contribution in [0.1, 0.15) is 16.9 Å². The molecule has 0 bridgehead atoms. The molecule has 7 nitrogen and oxygen atoms in total. The van der Waals surface area contributed by atoms with Gasteiger partial charge in [0.1, 0.15) is 29.2 Å². The summed E-state index contributed by atoms with van der Waals surface area (Å²) in [5, 5.41) is 8.33. The second kappa shape index (κ2) is 7.95. The molecule has 1 atom stereocenters. The molecule has 4 rings (SSSR count). The Morgan fingerprint density at radius 3 is 2.86 bits per heavy atom. The van der Waals surface area contributed by atoms with E-state index in [9.17, 15) is 4.79 Å². The van der Waals surface area contributed by atoms with Gasteiger partial charge in [-0.1, -0.05) is 6.07 Å². The monoisotopic (exact) mass is 388 g/mol. The molecule has 1 aliphatic heterocycles. The predicted octanol–water partition coefficient (Wildman–Crippen LogP) is -0.434. The third-order valence-electron chi connectivity index (χ3n) is 4.92. The van der Waals surface area contributed by atoms with Crippen molar-refractivity contribution in [3.05, 3.63) is 48.3 Å². The standard InChI is InChI=1S/C19H23B3N4O3/c20-19(21,22)26-16-9-13(24-17(27)15-3-1-2-7-23-15)4-5-14(16)18(25-26)29-11-12-6-8-28-10-12/h1-5,7,9,12H,6,8,10-11,20-22H2,(H,24,27). The number of aromatic nitrogens is 3. The summed E-state index contributed by atoms with van der Waals surface area (Å²) in [5.74, 6) is 0.774. The zero-order valence-electron chi connectivity index (χ0n) is 17.0. The quantitative estimate of drug-likeness (QED) is 0.580. The van der Waals surface area contributed by atoms with Crippen LogP contribution in [0, 0.1) is 5.92 Å². The van der Waals surface area contributed by atoms with E-state index in [0.717, 1.165) is 30.5 Å². The zero-order valence-corrected chi connectivity index (χ0v) is 17.0. The summed E-state index contributed by atoms with van der Waals surface area (Å²) in [6.45, 7) is 2.13. The minimum absolute atomic E-state index is 0.236. The number of pyridine rings is 1. The normalized spacial score (nSPS) is 16.8. The topological polar surface area (TPSA) is 78.3 Å². The average Bonchev–Trinajstić information content (AvgIpc) is 3.34. The summed E-state index contributed by atoms with van der Waals surface area (Å²) in [7, 11) is 6.27. The lowest BCUT2D eigenvalue weighted by Gasteiger charge is -2.20. The van der Waals surface area contributed by atoms with Crippen LogP contribution in [0.2, 0.25) is 0 Å². The first-order valence-electron chi connectivity index (χ1n) is 9.88. The summed E-state index contributed by atoms with van der Waals surface area (Å²) in [4.78, 5) is 16.6. The maximum absolute atomic E-state index is 12.5. The highest BCUT2D eigenvalue weighted by Crippen LogP contribution is 2.30. The number of benzene rings is 1. The van der Waals surface area contributed by atoms with Gasteiger partial charge in [-0.25, -0.2) is 0 Å². The van der Waals surface area contributed by atoms with Crippen molar-refractivity contribution in [1.29, 1.82) is 0 Å². The van der Waals surface area contributed by atoms with Gasteiger partial charge in [-0.15, -0.1) is 5.10 Å². The molecule has 0 saturated carbocycles. The van der Waals surface area contributed by atoms with Gasteiger partial charge in [-0.2, -0.15) is 0 Å². The number of fused-ring (bicyclic) bond motifs is 1. The van der Waals surface area contributed by atoms with Crippen LogP contribution in [-0.2, 0) is 9.97 Å². The maximum atomic E-state index is 12.5. The van der Waals surface area contributed by atoms with Crippen LogP contribution in [0.25, 0.3) is 10.9 Å². The number of hydrogen-bond acceptors (Lipinski definition) is 5. The van der Waals surface area contributed by atoms with Gasteiger partial charge in [0.2, 0.25) is 5.88 Å². The van der Waals surface area contributed by atoms with E-state index in [1.807, 2.05) is 22.9 Å². The van der Waals surface area contributed by atoms with Gasteiger partial charge in [0.05, 0.1) is 24.1 Å². The molecule has 1 unspecified atom stereocenters. The maximum Gasteiger partial charge on any atom is 0.274 e. The van der Waals surface area contributed by atoms with Gasteiger partial charge in [-0.3, -0.25) is 14.5 Å². The van der Waals surface area contributed by atoms with Crippen molar-refractivity contribution < 1.29 is 14.3 Å². The van der Waals surface area contributed by atoms with Crippen LogP contribution >= 0.6 is 0 Å². The van der Waals surface area contributed by atoms with E-state index in [-0.39, 0.29) is 11.1 Å². The molecule has 2 aromatic heterocycles. The number of amides is 1. The Hall–Kier alpha value is -2.74. The number of anilines is 1. The highest BCUT2D eigenvalue weighted by atomic mass is 16.5. The summed E-state index contributed by atoms with van der Waals surface area (Å²) < 4.78 is 13.4. The van der Waals surface area contributed by atoms with Crippen molar-refractivity contribution in [3.8, 4) is 5.88 Å². The number of carbonyl (C=O) groups excluding carboxylic acids is 1. The molecule has 1 saturated heterocycles. The molecule has 0 spiro atoms. The zero-order chi connectivity index (χ0) is 20.4. The van der Waals surface area contributed by atoms with E-state index < -0.39 is 0 Å². The lowest BCUT2D eigenvalue weighted by molar-refractivity contribution is 0.102. The van der Waals surface area contributed by atoms with Crippen LogP contribution in [0.4, 0.5) is 5.69 Å². The molecule has 29 heavy (non-hydrogen) atoms. The minimum Gasteiger partial charge on any atom is -0.476 e. The van der Waals surface area contributed by atoms with E-state index in [1.54, 1.807) is 24.4 Å². The molecule has 10 heteroatoms. The number of rotatable bonds is 6. The second-order valence-corrected chi connectivity index (χ2v) is 8.33. The fourth-order valence-corrected chi connectivity index (χ4v) is 3.39. The second-order valence-electron chi connectivity index (χ2n) is 8.33. The fourth-order valence-electron chi connectivity index (χ4n) is 3.39. The molecular weight excluding hydrogens is 365 g/mol. The van der Waals surface area contributed by atoms with Gasteiger partial charge in [0, 0.05) is 24.4 Å². The SMILES string of the molecule is BC(B)(B)n1nc(OCC2CCOC2)c2ccc(NC(=O)c3ccccn3)cc21. The van der Waals surface area contributed by atoms with Crippen LogP contribution in [-0.4, -0.2) is 64.0 Å². The highest BCUT2D eigenvalue weighted by molar-refractivity contribution is 6.56. The molecule has 1 aliphatic rings. The molecule has 1 fully saturated rings. The summed E-state index contributed by atoms with van der Waals surface area (Å²) >= 11 is 0. The van der Waals surface area contributed by atoms with Crippen molar-refractivity contribution in [2.75, 3.05) is 25.1 Å². The lowest BCUT2D eigenvalue weighted by atomic mass is 9.49. The van der Waals surface area contributed by atoms with Gasteiger partial charge < -0.3 is 14.8 Å². The molecule has 0 aliphatic carbocycles. The van der Waals surface area contributed by atoms with E-state index >= 15 is 0 Å². The van der Waals surface area contributed by atoms with Crippen LogP contribution in [0.15, 0.2) is 42.6 Å². The molecule has 3 heterocycles. The Bertz CT molecular complexity index is 1010. The van der Waals surface area contributed by atoms with Crippen LogP contribution in [0.3, 0.4) is 0 Å². The van der Waals surface area contributed by atoms with Crippen molar-refractivity contribution in [3.63, 3.8) is 0 Å². The minimum atomic E-state index is -0.246. The Morgan fingerprint density at radius 2 is 2.17 bits per heavy atom. The number of ether oxygens (including phenoxy) is 2. The third kappa shape index (κ3) is 4.32. The number of nitrogens with zero attached hydrogens (tertiary/aromatic N) is 3. The Labute approximate surface area is 172 Å². The third-order valence-corrected chi connectivity index (χ3v) is 4.92. The first-order chi connectivity index (χ1) is 13.9. The van der Waals surface area contributed by atoms with Gasteiger partial charge >= 0.3 is 0 Å². The predicted molar refractivity (Wildman–Crippen MR) is 120 cm³/mol. The molecule has 1 aromatic carbocycles.